The highest BCUT2D eigenvalue weighted by molar-refractivity contribution is 5.59. The number of nitrogen functional groups attached to an aromatic ring is 1. The van der Waals surface area contributed by atoms with Gasteiger partial charge in [0.2, 0.25) is 5.95 Å². The topological polar surface area (TPSA) is 63.8 Å². The van der Waals surface area contributed by atoms with E-state index in [1.165, 1.54) is 5.56 Å². The van der Waals surface area contributed by atoms with Crippen LogP contribution in [-0.2, 0) is 6.42 Å². The molecule has 1 heterocycles. The Morgan fingerprint density at radius 3 is 2.61 bits per heavy atom. The molecule has 4 heteroatoms. The normalized spacial score (nSPS) is 10.3. The number of benzene rings is 1. The van der Waals surface area contributed by atoms with E-state index in [-0.39, 0.29) is 5.95 Å². The second kappa shape index (κ2) is 5.49. The predicted molar refractivity (Wildman–Crippen MR) is 74.9 cm³/mol. The van der Waals surface area contributed by atoms with Gasteiger partial charge in [-0.1, -0.05) is 25.5 Å². The molecule has 0 bridgehead atoms. The maximum Gasteiger partial charge on any atom is 0.221 e. The van der Waals surface area contributed by atoms with E-state index in [9.17, 15) is 0 Å². The van der Waals surface area contributed by atoms with E-state index in [0.29, 0.717) is 0 Å². The van der Waals surface area contributed by atoms with Crippen LogP contribution in [0.15, 0.2) is 30.5 Å². The summed E-state index contributed by atoms with van der Waals surface area (Å²) < 4.78 is 0. The molecule has 3 N–H and O–H groups in total. The monoisotopic (exact) mass is 242 g/mol. The molecule has 0 saturated heterocycles. The Bertz CT molecular complexity index is 520. The fourth-order valence-corrected chi connectivity index (χ4v) is 1.76. The summed E-state index contributed by atoms with van der Waals surface area (Å²) in [6.07, 6.45) is 3.99. The van der Waals surface area contributed by atoms with Crippen LogP contribution in [0.3, 0.4) is 0 Å². The number of anilines is 3. The number of hydrogen-bond acceptors (Lipinski definition) is 4. The molecule has 0 fully saturated rings. The second-order valence-corrected chi connectivity index (χ2v) is 4.33. The third kappa shape index (κ3) is 2.97. The first-order chi connectivity index (χ1) is 8.69. The summed E-state index contributed by atoms with van der Waals surface area (Å²) in [5, 5.41) is 3.25. The molecular weight excluding hydrogens is 224 g/mol. The molecule has 0 amide bonds. The van der Waals surface area contributed by atoms with Crippen LogP contribution in [0.1, 0.15) is 24.5 Å². The lowest BCUT2D eigenvalue weighted by Gasteiger charge is -2.09. The van der Waals surface area contributed by atoms with E-state index >= 15 is 0 Å². The summed E-state index contributed by atoms with van der Waals surface area (Å²) in [5.41, 5.74) is 8.92. The first-order valence-electron chi connectivity index (χ1n) is 6.14. The van der Waals surface area contributed by atoms with Gasteiger partial charge in [-0.05, 0) is 31.0 Å². The summed E-state index contributed by atoms with van der Waals surface area (Å²) >= 11 is 0. The van der Waals surface area contributed by atoms with Crippen molar-refractivity contribution in [2.24, 2.45) is 0 Å². The summed E-state index contributed by atoms with van der Waals surface area (Å²) in [4.78, 5) is 8.13. The number of rotatable bonds is 4. The highest BCUT2D eigenvalue weighted by Crippen LogP contribution is 2.19. The van der Waals surface area contributed by atoms with E-state index < -0.39 is 0 Å². The zero-order valence-corrected chi connectivity index (χ0v) is 10.8. The molecule has 0 unspecified atom stereocenters. The smallest absolute Gasteiger partial charge is 0.221 e. The van der Waals surface area contributed by atoms with Gasteiger partial charge in [-0.25, -0.2) is 4.98 Å². The van der Waals surface area contributed by atoms with Crippen LogP contribution >= 0.6 is 0 Å². The zero-order chi connectivity index (χ0) is 13.0. The SMILES string of the molecule is CCCc1ccc(Nc2nc(N)ncc2C)cc1. The number of aryl methyl sites for hydroxylation is 2. The standard InChI is InChI=1S/C14H18N4/c1-3-4-11-5-7-12(8-6-11)17-13-10(2)9-16-14(15)18-13/h5-9H,3-4H2,1-2H3,(H3,15,16,17,18). The van der Waals surface area contributed by atoms with Crippen LogP contribution < -0.4 is 11.1 Å². The minimum absolute atomic E-state index is 0.283. The largest absolute Gasteiger partial charge is 0.368 e. The number of nitrogens with one attached hydrogen (secondary N) is 1. The molecule has 0 saturated carbocycles. The van der Waals surface area contributed by atoms with Crippen molar-refractivity contribution in [1.82, 2.24) is 9.97 Å². The Morgan fingerprint density at radius 1 is 1.22 bits per heavy atom. The van der Waals surface area contributed by atoms with E-state index in [0.717, 1.165) is 29.9 Å². The molecular formula is C14H18N4. The van der Waals surface area contributed by atoms with Crippen LogP contribution in [0.2, 0.25) is 0 Å². The lowest BCUT2D eigenvalue weighted by molar-refractivity contribution is 0.922. The maximum absolute atomic E-state index is 5.58. The van der Waals surface area contributed by atoms with Crippen molar-refractivity contribution in [3.05, 3.63) is 41.6 Å². The fraction of sp³-hybridized carbons (Fsp3) is 0.286. The van der Waals surface area contributed by atoms with Gasteiger partial charge in [-0.2, -0.15) is 4.98 Å². The number of aromatic nitrogens is 2. The lowest BCUT2D eigenvalue weighted by atomic mass is 10.1. The molecule has 0 aliphatic carbocycles. The summed E-state index contributed by atoms with van der Waals surface area (Å²) in [6.45, 7) is 4.13. The van der Waals surface area contributed by atoms with Crippen molar-refractivity contribution in [1.29, 1.82) is 0 Å². The third-order valence-electron chi connectivity index (χ3n) is 2.75. The first-order valence-corrected chi connectivity index (χ1v) is 6.14. The summed E-state index contributed by atoms with van der Waals surface area (Å²) in [6, 6.07) is 8.38. The Hall–Kier alpha value is -2.10. The van der Waals surface area contributed by atoms with Crippen LogP contribution in [0.25, 0.3) is 0 Å². The molecule has 94 valence electrons. The molecule has 0 radical (unpaired) electrons. The van der Waals surface area contributed by atoms with Crippen molar-refractivity contribution in [2.45, 2.75) is 26.7 Å². The van der Waals surface area contributed by atoms with Crippen molar-refractivity contribution < 1.29 is 0 Å². The molecule has 4 nitrogen and oxygen atoms in total. The van der Waals surface area contributed by atoms with Crippen molar-refractivity contribution in [3.8, 4) is 0 Å². The molecule has 1 aromatic heterocycles. The van der Waals surface area contributed by atoms with E-state index in [4.69, 9.17) is 5.73 Å². The van der Waals surface area contributed by atoms with Crippen LogP contribution in [0.4, 0.5) is 17.5 Å². The molecule has 0 aliphatic rings. The quantitative estimate of drug-likeness (QED) is 0.864. The number of nitrogens with two attached hydrogens (primary N) is 1. The fourth-order valence-electron chi connectivity index (χ4n) is 1.76. The van der Waals surface area contributed by atoms with Gasteiger partial charge >= 0.3 is 0 Å². The van der Waals surface area contributed by atoms with Gasteiger partial charge in [-0.3, -0.25) is 0 Å². The number of hydrogen-bond donors (Lipinski definition) is 2. The Kier molecular flexibility index (Phi) is 3.77. The minimum atomic E-state index is 0.283. The zero-order valence-electron chi connectivity index (χ0n) is 10.8. The molecule has 0 atom stereocenters. The highest BCUT2D eigenvalue weighted by atomic mass is 15.1. The van der Waals surface area contributed by atoms with E-state index in [2.05, 4.69) is 46.5 Å². The Balaban J connectivity index is 2.15. The van der Waals surface area contributed by atoms with E-state index in [1.54, 1.807) is 6.20 Å². The van der Waals surface area contributed by atoms with Crippen LogP contribution in [0.5, 0.6) is 0 Å². The number of nitrogens with zero attached hydrogens (tertiary/aromatic N) is 2. The van der Waals surface area contributed by atoms with Crippen LogP contribution in [0, 0.1) is 6.92 Å². The van der Waals surface area contributed by atoms with Gasteiger partial charge < -0.3 is 11.1 Å². The van der Waals surface area contributed by atoms with Gasteiger partial charge in [0.05, 0.1) is 0 Å². The first kappa shape index (κ1) is 12.4. The van der Waals surface area contributed by atoms with Gasteiger partial charge in [-0.15, -0.1) is 0 Å². The summed E-state index contributed by atoms with van der Waals surface area (Å²) in [7, 11) is 0. The molecule has 2 aromatic rings. The average Bonchev–Trinajstić information content (AvgIpc) is 2.37. The maximum atomic E-state index is 5.58. The van der Waals surface area contributed by atoms with Crippen LogP contribution in [-0.4, -0.2) is 9.97 Å². The molecule has 0 spiro atoms. The minimum Gasteiger partial charge on any atom is -0.368 e. The van der Waals surface area contributed by atoms with Gasteiger partial charge in [0.15, 0.2) is 0 Å². The predicted octanol–water partition coefficient (Wildman–Crippen LogP) is 3.06. The summed E-state index contributed by atoms with van der Waals surface area (Å²) in [5.74, 6) is 1.04. The molecule has 0 aliphatic heterocycles. The van der Waals surface area contributed by atoms with E-state index in [1.807, 2.05) is 6.92 Å². The second-order valence-electron chi connectivity index (χ2n) is 4.33. The van der Waals surface area contributed by atoms with Crippen molar-refractivity contribution in [2.75, 3.05) is 11.1 Å². The third-order valence-corrected chi connectivity index (χ3v) is 2.75. The van der Waals surface area contributed by atoms with Gasteiger partial charge in [0.1, 0.15) is 5.82 Å². The Labute approximate surface area is 107 Å². The van der Waals surface area contributed by atoms with Gasteiger partial charge in [0.25, 0.3) is 0 Å². The Morgan fingerprint density at radius 2 is 1.94 bits per heavy atom. The molecule has 1 aromatic carbocycles. The van der Waals surface area contributed by atoms with Crippen molar-refractivity contribution in [3.63, 3.8) is 0 Å². The lowest BCUT2D eigenvalue weighted by Crippen LogP contribution is -2.01. The average molecular weight is 242 g/mol. The van der Waals surface area contributed by atoms with Gasteiger partial charge in [0, 0.05) is 17.4 Å². The van der Waals surface area contributed by atoms with Crippen molar-refractivity contribution >= 4 is 17.5 Å². The molecule has 18 heavy (non-hydrogen) atoms. The molecule has 2 rings (SSSR count). The highest BCUT2D eigenvalue weighted by Gasteiger charge is 2.02.